The molecule has 0 aliphatic heterocycles. The van der Waals surface area contributed by atoms with Crippen LogP contribution < -0.4 is 3.07 Å². The summed E-state index contributed by atoms with van der Waals surface area (Å²) in [4.78, 5) is 4.35. The molecule has 0 atom stereocenters. The van der Waals surface area contributed by atoms with Crippen LogP contribution in [0.5, 0.6) is 5.75 Å². The Bertz CT molecular complexity index is 749. The summed E-state index contributed by atoms with van der Waals surface area (Å²) in [6, 6.07) is 10.3. The van der Waals surface area contributed by atoms with Gasteiger partial charge in [-0.3, -0.25) is 4.40 Å². The molecule has 0 bridgehead atoms. The molecule has 2 heterocycles. The van der Waals surface area contributed by atoms with Crippen LogP contribution in [-0.2, 0) is 0 Å². The van der Waals surface area contributed by atoms with E-state index in [-0.39, 0.29) is 0 Å². The molecule has 0 spiro atoms. The molecule has 3 rings (SSSR count). The molecule has 3 nitrogen and oxygen atoms in total. The first-order valence-electron chi connectivity index (χ1n) is 6.03. The summed E-state index contributed by atoms with van der Waals surface area (Å²) in [6.45, 7) is 4.22. The Balaban J connectivity index is 2.29. The van der Waals surface area contributed by atoms with E-state index in [1.54, 1.807) is 0 Å². The molecule has 0 saturated carbocycles. The van der Waals surface area contributed by atoms with E-state index in [1.807, 2.05) is 47.5 Å². The summed E-state index contributed by atoms with van der Waals surface area (Å²) in [7, 11) is 0. The lowest BCUT2D eigenvalue weighted by molar-refractivity contribution is 0.716. The Morgan fingerprint density at radius 2 is 1.95 bits per heavy atom. The smallest absolute Gasteiger partial charge is 0.192 e. The first kappa shape index (κ1) is 12.5. The normalized spacial score (nSPS) is 10.9. The minimum absolute atomic E-state index is 0.873. The number of nitrogens with zero attached hydrogens (tertiary/aromatic N) is 2. The van der Waals surface area contributed by atoms with Crippen molar-refractivity contribution in [3.63, 3.8) is 0 Å². The van der Waals surface area contributed by atoms with Crippen LogP contribution >= 0.6 is 23.0 Å². The van der Waals surface area contributed by atoms with Gasteiger partial charge >= 0.3 is 0 Å². The zero-order valence-corrected chi connectivity index (χ0v) is 12.9. The van der Waals surface area contributed by atoms with E-state index in [0.29, 0.717) is 0 Å². The van der Waals surface area contributed by atoms with Crippen molar-refractivity contribution in [3.8, 4) is 17.0 Å². The molecule has 0 aliphatic carbocycles. The predicted molar refractivity (Wildman–Crippen MR) is 84.8 cm³/mol. The fraction of sp³-hybridized carbons (Fsp3) is 0.133. The van der Waals surface area contributed by atoms with E-state index in [9.17, 15) is 0 Å². The van der Waals surface area contributed by atoms with Gasteiger partial charge in [0.05, 0.1) is 5.69 Å². The van der Waals surface area contributed by atoms with Crippen LogP contribution in [0.15, 0.2) is 42.7 Å². The quantitative estimate of drug-likeness (QED) is 0.633. The van der Waals surface area contributed by atoms with E-state index in [4.69, 9.17) is 3.07 Å². The van der Waals surface area contributed by atoms with E-state index in [2.05, 4.69) is 41.4 Å². The highest BCUT2D eigenvalue weighted by atomic mass is 127. The number of rotatable bonds is 2. The summed E-state index contributed by atoms with van der Waals surface area (Å²) < 4.78 is 7.37. The maximum atomic E-state index is 5.24. The van der Waals surface area contributed by atoms with Crippen molar-refractivity contribution in [2.24, 2.45) is 0 Å². The molecule has 0 aliphatic rings. The minimum atomic E-state index is 0.873. The first-order chi connectivity index (χ1) is 9.20. The number of aromatic nitrogens is 2. The monoisotopic (exact) mass is 364 g/mol. The molecule has 19 heavy (non-hydrogen) atoms. The highest BCUT2D eigenvalue weighted by molar-refractivity contribution is 14.1. The van der Waals surface area contributed by atoms with Gasteiger partial charge in [0, 0.05) is 18.0 Å². The Labute approximate surface area is 125 Å². The molecule has 0 radical (unpaired) electrons. The van der Waals surface area contributed by atoms with Crippen molar-refractivity contribution < 1.29 is 3.07 Å². The van der Waals surface area contributed by atoms with Crippen LogP contribution in [0.4, 0.5) is 0 Å². The zero-order valence-electron chi connectivity index (χ0n) is 10.7. The molecule has 0 saturated heterocycles. The molecule has 0 fully saturated rings. The van der Waals surface area contributed by atoms with E-state index in [1.165, 1.54) is 22.4 Å². The van der Waals surface area contributed by atoms with Gasteiger partial charge in [-0.15, -0.1) is 0 Å². The second kappa shape index (κ2) is 4.85. The Kier molecular flexibility index (Phi) is 3.18. The van der Waals surface area contributed by atoms with Crippen molar-refractivity contribution in [1.29, 1.82) is 0 Å². The fourth-order valence-electron chi connectivity index (χ4n) is 2.39. The van der Waals surface area contributed by atoms with Crippen LogP contribution in [0.3, 0.4) is 0 Å². The van der Waals surface area contributed by atoms with Crippen LogP contribution in [0, 0.1) is 13.8 Å². The molecule has 0 amide bonds. The maximum absolute atomic E-state index is 5.24. The fourth-order valence-corrected chi connectivity index (χ4v) is 2.66. The van der Waals surface area contributed by atoms with Gasteiger partial charge < -0.3 is 3.07 Å². The summed E-state index contributed by atoms with van der Waals surface area (Å²) >= 11 is 1.90. The summed E-state index contributed by atoms with van der Waals surface area (Å²) in [5.41, 5.74) is 5.79. The number of hydrogen-bond acceptors (Lipinski definition) is 2. The van der Waals surface area contributed by atoms with E-state index < -0.39 is 0 Å². The SMILES string of the molecule is Cc1cc(OI)ccc1-c1c(C)ccc2nccn12. The lowest BCUT2D eigenvalue weighted by Crippen LogP contribution is -1.96. The molecular weight excluding hydrogens is 351 g/mol. The van der Waals surface area contributed by atoms with Crippen LogP contribution in [0.2, 0.25) is 0 Å². The Morgan fingerprint density at radius 3 is 2.68 bits per heavy atom. The predicted octanol–water partition coefficient (Wildman–Crippen LogP) is 4.35. The van der Waals surface area contributed by atoms with Crippen molar-refractivity contribution >= 4 is 28.7 Å². The second-order valence-corrected chi connectivity index (χ2v) is 5.01. The number of hydrogen-bond donors (Lipinski definition) is 0. The third-order valence-electron chi connectivity index (χ3n) is 3.31. The molecule has 4 heteroatoms. The van der Waals surface area contributed by atoms with Crippen molar-refractivity contribution in [1.82, 2.24) is 9.38 Å². The number of fused-ring (bicyclic) bond motifs is 1. The average Bonchev–Trinajstić information content (AvgIpc) is 2.88. The van der Waals surface area contributed by atoms with Gasteiger partial charge in [-0.05, 0) is 49.2 Å². The lowest BCUT2D eigenvalue weighted by atomic mass is 10.0. The highest BCUT2D eigenvalue weighted by Crippen LogP contribution is 2.30. The first-order valence-corrected chi connectivity index (χ1v) is 6.91. The Morgan fingerprint density at radius 1 is 1.11 bits per heavy atom. The van der Waals surface area contributed by atoms with Gasteiger partial charge in [0.1, 0.15) is 11.4 Å². The number of aryl methyl sites for hydroxylation is 2. The molecule has 2 aromatic heterocycles. The Hall–Kier alpha value is -1.56. The topological polar surface area (TPSA) is 26.5 Å². The van der Waals surface area contributed by atoms with Crippen molar-refractivity contribution in [2.45, 2.75) is 13.8 Å². The number of benzene rings is 1. The van der Waals surface area contributed by atoms with Crippen molar-refractivity contribution in [3.05, 3.63) is 53.9 Å². The lowest BCUT2D eigenvalue weighted by Gasteiger charge is -2.13. The number of halogens is 1. The van der Waals surface area contributed by atoms with Crippen LogP contribution in [-0.4, -0.2) is 9.38 Å². The molecule has 96 valence electrons. The molecule has 0 N–H and O–H groups in total. The maximum Gasteiger partial charge on any atom is 0.192 e. The molecule has 0 unspecified atom stereocenters. The summed E-state index contributed by atoms with van der Waals surface area (Å²) in [5.74, 6) is 0.873. The highest BCUT2D eigenvalue weighted by Gasteiger charge is 2.10. The van der Waals surface area contributed by atoms with E-state index >= 15 is 0 Å². The van der Waals surface area contributed by atoms with Gasteiger partial charge in [0.2, 0.25) is 0 Å². The van der Waals surface area contributed by atoms with Gasteiger partial charge in [-0.1, -0.05) is 6.07 Å². The van der Waals surface area contributed by atoms with Gasteiger partial charge in [-0.25, -0.2) is 4.98 Å². The summed E-state index contributed by atoms with van der Waals surface area (Å²) in [5, 5.41) is 0. The zero-order chi connectivity index (χ0) is 13.4. The average molecular weight is 364 g/mol. The third-order valence-corrected chi connectivity index (χ3v) is 3.82. The number of imidazole rings is 1. The number of pyridine rings is 1. The standard InChI is InChI=1S/C15H13IN2O/c1-10-3-6-14-17-7-8-18(14)15(10)13-5-4-12(19-16)9-11(13)2/h3-9H,1-2H3. The molecule has 1 aromatic carbocycles. The van der Waals surface area contributed by atoms with E-state index in [0.717, 1.165) is 11.4 Å². The molecular formula is C15H13IN2O. The van der Waals surface area contributed by atoms with Gasteiger partial charge in [-0.2, -0.15) is 0 Å². The van der Waals surface area contributed by atoms with Crippen LogP contribution in [0.1, 0.15) is 11.1 Å². The third kappa shape index (κ3) is 2.10. The van der Waals surface area contributed by atoms with Gasteiger partial charge in [0.25, 0.3) is 0 Å². The minimum Gasteiger partial charge on any atom is -0.428 e. The summed E-state index contributed by atoms with van der Waals surface area (Å²) in [6.07, 6.45) is 3.83. The van der Waals surface area contributed by atoms with Crippen molar-refractivity contribution in [2.75, 3.05) is 0 Å². The molecule has 3 aromatic rings. The second-order valence-electron chi connectivity index (χ2n) is 4.57. The van der Waals surface area contributed by atoms with Crippen LogP contribution in [0.25, 0.3) is 16.9 Å². The van der Waals surface area contributed by atoms with Gasteiger partial charge in [0.15, 0.2) is 23.0 Å². The largest absolute Gasteiger partial charge is 0.428 e.